The predicted molar refractivity (Wildman–Crippen MR) is 82.3 cm³/mol. The topological polar surface area (TPSA) is 50.2 Å². The normalized spacial score (nSPS) is 27.9. The van der Waals surface area contributed by atoms with Gasteiger partial charge in [0.15, 0.2) is 0 Å². The lowest BCUT2D eigenvalue weighted by Crippen LogP contribution is -2.50. The highest BCUT2D eigenvalue weighted by Crippen LogP contribution is 2.30. The van der Waals surface area contributed by atoms with Crippen LogP contribution in [0.25, 0.3) is 0 Å². The van der Waals surface area contributed by atoms with Crippen molar-refractivity contribution in [3.8, 4) is 0 Å². The van der Waals surface area contributed by atoms with Crippen LogP contribution in [0.1, 0.15) is 55.6 Å². The second-order valence-electron chi connectivity index (χ2n) is 6.37. The average Bonchev–Trinajstić information content (AvgIpc) is 3.02. The number of aromatic nitrogens is 2. The zero-order chi connectivity index (χ0) is 15.0. The van der Waals surface area contributed by atoms with Crippen LogP contribution in [0, 0.1) is 0 Å². The van der Waals surface area contributed by atoms with Gasteiger partial charge in [-0.05, 0) is 39.0 Å². The number of rotatable bonds is 4. The van der Waals surface area contributed by atoms with Gasteiger partial charge in [-0.3, -0.25) is 9.48 Å². The highest BCUT2D eigenvalue weighted by atomic mass is 16.2. The Labute approximate surface area is 126 Å². The third-order valence-electron chi connectivity index (χ3n) is 4.96. The number of nitrogens with zero attached hydrogens (tertiary/aromatic N) is 3. The van der Waals surface area contributed by atoms with Gasteiger partial charge >= 0.3 is 0 Å². The molecule has 0 spiro atoms. The van der Waals surface area contributed by atoms with E-state index in [0.29, 0.717) is 18.1 Å². The van der Waals surface area contributed by atoms with Crippen molar-refractivity contribution >= 4 is 5.91 Å². The lowest BCUT2D eigenvalue weighted by atomic mass is 9.97. The van der Waals surface area contributed by atoms with E-state index in [1.165, 1.54) is 12.8 Å². The molecule has 1 amide bonds. The summed E-state index contributed by atoms with van der Waals surface area (Å²) in [5, 5.41) is 8.06. The van der Waals surface area contributed by atoms with Crippen LogP contribution in [-0.4, -0.2) is 45.3 Å². The summed E-state index contributed by atoms with van der Waals surface area (Å²) in [6.07, 6.45) is 7.39. The maximum atomic E-state index is 13.0. The van der Waals surface area contributed by atoms with E-state index in [0.717, 1.165) is 37.1 Å². The molecule has 0 aromatic carbocycles. The molecule has 2 unspecified atom stereocenters. The van der Waals surface area contributed by atoms with Crippen LogP contribution >= 0.6 is 0 Å². The van der Waals surface area contributed by atoms with E-state index < -0.39 is 0 Å². The monoisotopic (exact) mass is 290 g/mol. The quantitative estimate of drug-likeness (QED) is 0.919. The van der Waals surface area contributed by atoms with E-state index in [4.69, 9.17) is 0 Å². The second kappa shape index (κ2) is 5.79. The Balaban J connectivity index is 1.80. The molecule has 2 atom stereocenters. The van der Waals surface area contributed by atoms with Gasteiger partial charge in [-0.2, -0.15) is 5.10 Å². The van der Waals surface area contributed by atoms with Gasteiger partial charge in [-0.15, -0.1) is 0 Å². The number of hydrogen-bond acceptors (Lipinski definition) is 3. The van der Waals surface area contributed by atoms with Crippen LogP contribution < -0.4 is 5.32 Å². The molecular formula is C16H26N4O. The maximum absolute atomic E-state index is 13.0. The van der Waals surface area contributed by atoms with Crippen molar-refractivity contribution < 1.29 is 4.79 Å². The Morgan fingerprint density at radius 1 is 1.38 bits per heavy atom. The van der Waals surface area contributed by atoms with Gasteiger partial charge < -0.3 is 10.2 Å². The zero-order valence-electron chi connectivity index (χ0n) is 13.3. The molecule has 5 nitrogen and oxygen atoms in total. The number of amides is 1. The minimum Gasteiger partial charge on any atom is -0.336 e. The molecule has 2 aliphatic rings. The lowest BCUT2D eigenvalue weighted by molar-refractivity contribution is 0.0630. The SMILES string of the molecule is CCc1nn(C)cc1C(=O)N(CC)C1CC2CCC(C1)N2. The predicted octanol–water partition coefficient (Wildman–Crippen LogP) is 1.73. The minimum absolute atomic E-state index is 0.161. The summed E-state index contributed by atoms with van der Waals surface area (Å²) in [6, 6.07) is 1.59. The molecule has 0 aliphatic carbocycles. The summed E-state index contributed by atoms with van der Waals surface area (Å²) in [7, 11) is 1.89. The van der Waals surface area contributed by atoms with E-state index in [1.54, 1.807) is 4.68 Å². The number of carbonyl (C=O) groups is 1. The van der Waals surface area contributed by atoms with Crippen molar-refractivity contribution in [1.82, 2.24) is 20.0 Å². The lowest BCUT2D eigenvalue weighted by Gasteiger charge is -2.37. The van der Waals surface area contributed by atoms with Crippen LogP contribution in [0.4, 0.5) is 0 Å². The summed E-state index contributed by atoms with van der Waals surface area (Å²) in [4.78, 5) is 15.0. The number of carbonyl (C=O) groups excluding carboxylic acids is 1. The largest absolute Gasteiger partial charge is 0.336 e. The fourth-order valence-corrected chi connectivity index (χ4v) is 3.98. The Morgan fingerprint density at radius 3 is 2.62 bits per heavy atom. The fraction of sp³-hybridized carbons (Fsp3) is 0.750. The van der Waals surface area contributed by atoms with Gasteiger partial charge in [0.05, 0.1) is 11.3 Å². The highest BCUT2D eigenvalue weighted by molar-refractivity contribution is 5.95. The van der Waals surface area contributed by atoms with Crippen molar-refractivity contribution in [1.29, 1.82) is 0 Å². The van der Waals surface area contributed by atoms with Crippen molar-refractivity contribution in [3.05, 3.63) is 17.5 Å². The summed E-state index contributed by atoms with van der Waals surface area (Å²) in [5.74, 6) is 0.161. The molecule has 2 saturated heterocycles. The van der Waals surface area contributed by atoms with Crippen molar-refractivity contribution in [2.45, 2.75) is 64.1 Å². The molecule has 3 heterocycles. The van der Waals surface area contributed by atoms with E-state index >= 15 is 0 Å². The standard InChI is InChI=1S/C16H26N4O/c1-4-15-14(10-19(3)18-15)16(21)20(5-2)13-8-11-6-7-12(9-13)17-11/h10-13,17H,4-9H2,1-3H3. The molecule has 1 N–H and O–H groups in total. The Bertz CT molecular complexity index is 512. The van der Waals surface area contributed by atoms with E-state index in [2.05, 4.69) is 29.2 Å². The molecular weight excluding hydrogens is 264 g/mol. The zero-order valence-corrected chi connectivity index (χ0v) is 13.3. The van der Waals surface area contributed by atoms with Crippen LogP contribution in [0.3, 0.4) is 0 Å². The number of fused-ring (bicyclic) bond motifs is 2. The summed E-state index contributed by atoms with van der Waals surface area (Å²) in [6.45, 7) is 4.92. The number of aryl methyl sites for hydroxylation is 2. The fourth-order valence-electron chi connectivity index (χ4n) is 3.98. The molecule has 21 heavy (non-hydrogen) atoms. The van der Waals surface area contributed by atoms with Crippen molar-refractivity contribution in [2.24, 2.45) is 7.05 Å². The molecule has 2 aliphatic heterocycles. The highest BCUT2D eigenvalue weighted by Gasteiger charge is 2.37. The summed E-state index contributed by atoms with van der Waals surface area (Å²) < 4.78 is 1.76. The first kappa shape index (κ1) is 14.6. The van der Waals surface area contributed by atoms with Crippen LogP contribution in [0.5, 0.6) is 0 Å². The molecule has 5 heteroatoms. The van der Waals surface area contributed by atoms with Gasteiger partial charge in [0.2, 0.25) is 0 Å². The molecule has 2 fully saturated rings. The third kappa shape index (κ3) is 2.71. The van der Waals surface area contributed by atoms with E-state index in [-0.39, 0.29) is 5.91 Å². The first-order valence-corrected chi connectivity index (χ1v) is 8.21. The summed E-state index contributed by atoms with van der Waals surface area (Å²) >= 11 is 0. The Morgan fingerprint density at radius 2 is 2.05 bits per heavy atom. The van der Waals surface area contributed by atoms with Gasteiger partial charge in [0.1, 0.15) is 0 Å². The van der Waals surface area contributed by atoms with E-state index in [1.807, 2.05) is 13.2 Å². The van der Waals surface area contributed by atoms with Crippen molar-refractivity contribution in [3.63, 3.8) is 0 Å². The first-order valence-electron chi connectivity index (χ1n) is 8.21. The van der Waals surface area contributed by atoms with Gasteiger partial charge in [-0.25, -0.2) is 0 Å². The second-order valence-corrected chi connectivity index (χ2v) is 6.37. The van der Waals surface area contributed by atoms with E-state index in [9.17, 15) is 4.79 Å². The maximum Gasteiger partial charge on any atom is 0.257 e. The van der Waals surface area contributed by atoms with Gasteiger partial charge in [0.25, 0.3) is 5.91 Å². The molecule has 0 radical (unpaired) electrons. The Hall–Kier alpha value is -1.36. The third-order valence-corrected chi connectivity index (χ3v) is 4.96. The minimum atomic E-state index is 0.161. The molecule has 2 bridgehead atoms. The summed E-state index contributed by atoms with van der Waals surface area (Å²) in [5.41, 5.74) is 1.70. The Kier molecular flexibility index (Phi) is 4.02. The van der Waals surface area contributed by atoms with Crippen LogP contribution in [-0.2, 0) is 13.5 Å². The molecule has 1 aromatic heterocycles. The number of hydrogen-bond donors (Lipinski definition) is 1. The first-order chi connectivity index (χ1) is 10.1. The number of piperidine rings is 1. The smallest absolute Gasteiger partial charge is 0.257 e. The number of nitrogens with one attached hydrogen (secondary N) is 1. The van der Waals surface area contributed by atoms with Crippen molar-refractivity contribution in [2.75, 3.05) is 6.54 Å². The van der Waals surface area contributed by atoms with Gasteiger partial charge in [0, 0.05) is 37.9 Å². The molecule has 1 aromatic rings. The molecule has 116 valence electrons. The molecule has 3 rings (SSSR count). The van der Waals surface area contributed by atoms with Crippen LogP contribution in [0.2, 0.25) is 0 Å². The average molecular weight is 290 g/mol. The van der Waals surface area contributed by atoms with Gasteiger partial charge in [-0.1, -0.05) is 6.92 Å². The molecule has 0 saturated carbocycles. The van der Waals surface area contributed by atoms with Crippen LogP contribution in [0.15, 0.2) is 6.20 Å².